The molecule has 1 aliphatic carbocycles. The molecule has 0 radical (unpaired) electrons. The summed E-state index contributed by atoms with van der Waals surface area (Å²) in [7, 11) is 1.66. The molecular weight excluding hydrogens is 388 g/mol. The molecule has 0 spiro atoms. The number of urea groups is 1. The lowest BCUT2D eigenvalue weighted by atomic mass is 9.80. The van der Waals surface area contributed by atoms with Crippen LogP contribution in [0.1, 0.15) is 50.1 Å². The predicted molar refractivity (Wildman–Crippen MR) is 103 cm³/mol. The minimum absolute atomic E-state index is 0.0526. The molecular formula is C20H26ClF2N3O2. The largest absolute Gasteiger partial charge is 0.348 e. The van der Waals surface area contributed by atoms with Crippen LogP contribution in [-0.2, 0) is 4.79 Å². The molecule has 0 aromatic heterocycles. The highest BCUT2D eigenvalue weighted by Crippen LogP contribution is 2.38. The van der Waals surface area contributed by atoms with Crippen molar-refractivity contribution < 1.29 is 18.4 Å². The Hall–Kier alpha value is -1.89. The van der Waals surface area contributed by atoms with Crippen LogP contribution >= 0.6 is 11.6 Å². The molecule has 2 fully saturated rings. The highest BCUT2D eigenvalue weighted by Gasteiger charge is 2.34. The SMILES string of the molecule is CN1CCC(C(=O)NC(c2c(F)ccc(Cl)c2F)C2CCCCC2)CNC1=O. The maximum absolute atomic E-state index is 14.7. The van der Waals surface area contributed by atoms with Gasteiger partial charge in [-0.15, -0.1) is 0 Å². The van der Waals surface area contributed by atoms with Crippen molar-refractivity contribution in [3.63, 3.8) is 0 Å². The van der Waals surface area contributed by atoms with E-state index in [-0.39, 0.29) is 35.0 Å². The van der Waals surface area contributed by atoms with Crippen LogP contribution in [0.4, 0.5) is 13.6 Å². The van der Waals surface area contributed by atoms with Crippen LogP contribution in [0.25, 0.3) is 0 Å². The Balaban J connectivity index is 1.85. The highest BCUT2D eigenvalue weighted by atomic mass is 35.5. The summed E-state index contributed by atoms with van der Waals surface area (Å²) in [5, 5.41) is 5.44. The molecule has 2 aliphatic rings. The molecule has 1 aliphatic heterocycles. The van der Waals surface area contributed by atoms with E-state index in [0.717, 1.165) is 38.2 Å². The van der Waals surface area contributed by atoms with Crippen molar-refractivity contribution in [3.05, 3.63) is 34.4 Å². The summed E-state index contributed by atoms with van der Waals surface area (Å²) >= 11 is 5.90. The van der Waals surface area contributed by atoms with Crippen LogP contribution in [0.15, 0.2) is 12.1 Å². The summed E-state index contributed by atoms with van der Waals surface area (Å²) in [5.41, 5.74) is -0.164. The van der Waals surface area contributed by atoms with E-state index < -0.39 is 23.6 Å². The average molecular weight is 414 g/mol. The van der Waals surface area contributed by atoms with Crippen molar-refractivity contribution in [3.8, 4) is 0 Å². The molecule has 154 valence electrons. The molecule has 2 unspecified atom stereocenters. The summed E-state index contributed by atoms with van der Waals surface area (Å²) in [4.78, 5) is 26.2. The molecule has 1 saturated carbocycles. The second-order valence-corrected chi connectivity index (χ2v) is 8.14. The number of hydrogen-bond donors (Lipinski definition) is 2. The molecule has 3 rings (SSSR count). The quantitative estimate of drug-likeness (QED) is 0.732. The average Bonchev–Trinajstić information content (AvgIpc) is 2.86. The third-order valence-corrected chi connectivity index (χ3v) is 6.13. The van der Waals surface area contributed by atoms with Gasteiger partial charge in [0.1, 0.15) is 11.6 Å². The van der Waals surface area contributed by atoms with E-state index in [9.17, 15) is 18.4 Å². The van der Waals surface area contributed by atoms with Crippen molar-refractivity contribution in [1.29, 1.82) is 0 Å². The molecule has 2 N–H and O–H groups in total. The first-order chi connectivity index (χ1) is 13.4. The predicted octanol–water partition coefficient (Wildman–Crippen LogP) is 4.02. The maximum Gasteiger partial charge on any atom is 0.317 e. The number of nitrogens with one attached hydrogen (secondary N) is 2. The van der Waals surface area contributed by atoms with Gasteiger partial charge in [0, 0.05) is 25.7 Å². The smallest absolute Gasteiger partial charge is 0.317 e. The van der Waals surface area contributed by atoms with Gasteiger partial charge in [0.15, 0.2) is 0 Å². The van der Waals surface area contributed by atoms with E-state index in [1.807, 2.05) is 0 Å². The van der Waals surface area contributed by atoms with Crippen molar-refractivity contribution >= 4 is 23.5 Å². The van der Waals surface area contributed by atoms with Crippen molar-refractivity contribution in [2.45, 2.75) is 44.6 Å². The lowest BCUT2D eigenvalue weighted by Gasteiger charge is -2.33. The number of carbonyl (C=O) groups excluding carboxylic acids is 2. The summed E-state index contributed by atoms with van der Waals surface area (Å²) < 4.78 is 29.3. The van der Waals surface area contributed by atoms with Gasteiger partial charge in [-0.2, -0.15) is 0 Å². The number of halogens is 3. The Morgan fingerprint density at radius 1 is 1.25 bits per heavy atom. The van der Waals surface area contributed by atoms with Gasteiger partial charge in [0.05, 0.1) is 17.0 Å². The number of rotatable bonds is 4. The molecule has 1 aromatic rings. The normalized spacial score (nSPS) is 22.4. The lowest BCUT2D eigenvalue weighted by molar-refractivity contribution is -0.126. The van der Waals surface area contributed by atoms with Gasteiger partial charge in [-0.3, -0.25) is 4.79 Å². The standard InChI is InChI=1S/C20H26ClF2N3O2/c1-26-10-9-13(11-24-20(26)28)19(27)25-18(12-5-3-2-4-6-12)16-15(22)8-7-14(21)17(16)23/h7-8,12-13,18H,2-6,9-11H2,1H3,(H,24,28)(H,25,27). The van der Waals surface area contributed by atoms with Crippen molar-refractivity contribution in [1.82, 2.24) is 15.5 Å². The van der Waals surface area contributed by atoms with E-state index in [0.29, 0.717) is 13.0 Å². The van der Waals surface area contributed by atoms with E-state index in [2.05, 4.69) is 10.6 Å². The minimum atomic E-state index is -0.813. The van der Waals surface area contributed by atoms with Gasteiger partial charge in [-0.05, 0) is 37.3 Å². The molecule has 1 aromatic carbocycles. The molecule has 1 heterocycles. The second-order valence-electron chi connectivity index (χ2n) is 7.73. The first kappa shape index (κ1) is 20.8. The van der Waals surface area contributed by atoms with Crippen LogP contribution in [0.5, 0.6) is 0 Å². The summed E-state index contributed by atoms with van der Waals surface area (Å²) in [6.07, 6.45) is 5.08. The van der Waals surface area contributed by atoms with Gasteiger partial charge >= 0.3 is 6.03 Å². The number of carbonyl (C=O) groups is 2. The highest BCUT2D eigenvalue weighted by molar-refractivity contribution is 6.30. The molecule has 28 heavy (non-hydrogen) atoms. The zero-order valence-corrected chi connectivity index (χ0v) is 16.7. The van der Waals surface area contributed by atoms with Crippen LogP contribution in [0.3, 0.4) is 0 Å². The van der Waals surface area contributed by atoms with Gasteiger partial charge in [0.25, 0.3) is 0 Å². The van der Waals surface area contributed by atoms with Crippen molar-refractivity contribution in [2.75, 3.05) is 20.1 Å². The number of amides is 3. The Morgan fingerprint density at radius 2 is 1.96 bits per heavy atom. The molecule has 0 bridgehead atoms. The molecule has 3 amide bonds. The zero-order chi connectivity index (χ0) is 20.3. The monoisotopic (exact) mass is 413 g/mol. The summed E-state index contributed by atoms with van der Waals surface area (Å²) in [6.45, 7) is 0.644. The lowest BCUT2D eigenvalue weighted by Crippen LogP contribution is -2.42. The first-order valence-electron chi connectivity index (χ1n) is 9.81. The Bertz CT molecular complexity index is 740. The molecule has 2 atom stereocenters. The molecule has 1 saturated heterocycles. The van der Waals surface area contributed by atoms with E-state index in [1.165, 1.54) is 11.0 Å². The van der Waals surface area contributed by atoms with Crippen LogP contribution < -0.4 is 10.6 Å². The Labute approximate surface area is 168 Å². The van der Waals surface area contributed by atoms with Gasteiger partial charge < -0.3 is 15.5 Å². The number of benzene rings is 1. The van der Waals surface area contributed by atoms with E-state index in [1.54, 1.807) is 7.05 Å². The third-order valence-electron chi connectivity index (χ3n) is 5.84. The van der Waals surface area contributed by atoms with Crippen molar-refractivity contribution in [2.24, 2.45) is 11.8 Å². The molecule has 5 nitrogen and oxygen atoms in total. The fraction of sp³-hybridized carbons (Fsp3) is 0.600. The second kappa shape index (κ2) is 9.07. The van der Waals surface area contributed by atoms with E-state index >= 15 is 0 Å². The third kappa shape index (κ3) is 4.57. The number of hydrogen-bond acceptors (Lipinski definition) is 2. The van der Waals surface area contributed by atoms with Gasteiger partial charge in [0.2, 0.25) is 5.91 Å². The Morgan fingerprint density at radius 3 is 2.68 bits per heavy atom. The zero-order valence-electron chi connectivity index (χ0n) is 15.9. The fourth-order valence-electron chi connectivity index (χ4n) is 4.11. The summed E-state index contributed by atoms with van der Waals surface area (Å²) in [6, 6.07) is 1.32. The maximum atomic E-state index is 14.7. The van der Waals surface area contributed by atoms with Gasteiger partial charge in [-0.1, -0.05) is 30.9 Å². The van der Waals surface area contributed by atoms with Crippen LogP contribution in [-0.4, -0.2) is 37.0 Å². The first-order valence-corrected chi connectivity index (χ1v) is 10.2. The topological polar surface area (TPSA) is 61.4 Å². The Kier molecular flexibility index (Phi) is 6.75. The minimum Gasteiger partial charge on any atom is -0.348 e. The molecule has 8 heteroatoms. The van der Waals surface area contributed by atoms with Crippen LogP contribution in [0.2, 0.25) is 5.02 Å². The van der Waals surface area contributed by atoms with Crippen LogP contribution in [0, 0.1) is 23.5 Å². The van der Waals surface area contributed by atoms with Gasteiger partial charge in [-0.25, -0.2) is 13.6 Å². The summed E-state index contributed by atoms with van der Waals surface area (Å²) in [5.74, 6) is -2.32. The fourth-order valence-corrected chi connectivity index (χ4v) is 4.28. The van der Waals surface area contributed by atoms with E-state index in [4.69, 9.17) is 11.6 Å². The number of nitrogens with zero attached hydrogens (tertiary/aromatic N) is 1.